The molecular weight excluding hydrogens is 346 g/mol. The molecule has 1 fully saturated rings. The van der Waals surface area contributed by atoms with Gasteiger partial charge in [0, 0.05) is 56.3 Å². The average Bonchev–Trinajstić information content (AvgIpc) is 3.35. The van der Waals surface area contributed by atoms with Gasteiger partial charge in [0.1, 0.15) is 0 Å². The van der Waals surface area contributed by atoms with E-state index in [9.17, 15) is 9.59 Å². The summed E-state index contributed by atoms with van der Waals surface area (Å²) >= 11 is 1.49. The number of hydrogen-bond acceptors (Lipinski definition) is 4. The highest BCUT2D eigenvalue weighted by atomic mass is 32.1. The van der Waals surface area contributed by atoms with Crippen LogP contribution < -0.4 is 10.2 Å². The SMILES string of the molecule is CN(Cc1ccccc1N1CCCC1)C(=O)CCNC(=O)c1ccsc1. The molecule has 0 atom stereocenters. The molecule has 1 N–H and O–H groups in total. The van der Waals surface area contributed by atoms with Gasteiger partial charge in [-0.3, -0.25) is 9.59 Å². The zero-order valence-electron chi connectivity index (χ0n) is 15.1. The first-order valence-electron chi connectivity index (χ1n) is 9.02. The highest BCUT2D eigenvalue weighted by Gasteiger charge is 2.17. The maximum Gasteiger partial charge on any atom is 0.252 e. The Kier molecular flexibility index (Phi) is 6.28. The molecule has 138 valence electrons. The number of thiophene rings is 1. The minimum absolute atomic E-state index is 0.0341. The molecule has 3 rings (SSSR count). The van der Waals surface area contributed by atoms with Gasteiger partial charge in [-0.15, -0.1) is 0 Å². The second kappa shape index (κ2) is 8.85. The third-order valence-corrected chi connectivity index (χ3v) is 5.36. The van der Waals surface area contributed by atoms with Crippen LogP contribution in [0.1, 0.15) is 35.2 Å². The number of benzene rings is 1. The molecule has 26 heavy (non-hydrogen) atoms. The van der Waals surface area contributed by atoms with Crippen LogP contribution in [0.15, 0.2) is 41.1 Å². The minimum atomic E-state index is -0.124. The largest absolute Gasteiger partial charge is 0.371 e. The van der Waals surface area contributed by atoms with Crippen molar-refractivity contribution < 1.29 is 9.59 Å². The quantitative estimate of drug-likeness (QED) is 0.814. The summed E-state index contributed by atoms with van der Waals surface area (Å²) in [7, 11) is 1.82. The van der Waals surface area contributed by atoms with Gasteiger partial charge in [0.15, 0.2) is 0 Å². The minimum Gasteiger partial charge on any atom is -0.371 e. The van der Waals surface area contributed by atoms with E-state index >= 15 is 0 Å². The lowest BCUT2D eigenvalue weighted by molar-refractivity contribution is -0.130. The molecular formula is C20H25N3O2S. The van der Waals surface area contributed by atoms with Crippen LogP contribution in [0.2, 0.25) is 0 Å². The second-order valence-corrected chi connectivity index (χ2v) is 7.37. The van der Waals surface area contributed by atoms with E-state index in [2.05, 4.69) is 28.4 Å². The highest BCUT2D eigenvalue weighted by molar-refractivity contribution is 7.08. The molecule has 1 aromatic carbocycles. The van der Waals surface area contributed by atoms with Gasteiger partial charge in [-0.25, -0.2) is 0 Å². The predicted molar refractivity (Wildman–Crippen MR) is 106 cm³/mol. The van der Waals surface area contributed by atoms with Gasteiger partial charge in [-0.05, 0) is 35.9 Å². The second-order valence-electron chi connectivity index (χ2n) is 6.59. The van der Waals surface area contributed by atoms with E-state index in [1.165, 1.54) is 35.4 Å². The molecule has 0 aliphatic carbocycles. The van der Waals surface area contributed by atoms with Gasteiger partial charge in [0.05, 0.1) is 0 Å². The van der Waals surface area contributed by atoms with Crippen LogP contribution in [0, 0.1) is 0 Å². The Morgan fingerprint density at radius 1 is 1.19 bits per heavy atom. The monoisotopic (exact) mass is 371 g/mol. The number of carbonyl (C=O) groups excluding carboxylic acids is 2. The Balaban J connectivity index is 1.50. The van der Waals surface area contributed by atoms with Crippen LogP contribution in [-0.2, 0) is 11.3 Å². The molecule has 1 aliphatic heterocycles. The fraction of sp³-hybridized carbons (Fsp3) is 0.400. The number of nitrogens with zero attached hydrogens (tertiary/aromatic N) is 2. The molecule has 2 aromatic rings. The molecule has 0 bridgehead atoms. The number of hydrogen-bond donors (Lipinski definition) is 1. The molecule has 0 radical (unpaired) electrons. The molecule has 2 heterocycles. The average molecular weight is 372 g/mol. The van der Waals surface area contributed by atoms with E-state index in [1.807, 2.05) is 18.5 Å². The summed E-state index contributed by atoms with van der Waals surface area (Å²) in [5.41, 5.74) is 3.05. The van der Waals surface area contributed by atoms with E-state index in [0.29, 0.717) is 25.1 Å². The fourth-order valence-electron chi connectivity index (χ4n) is 3.22. The summed E-state index contributed by atoms with van der Waals surface area (Å²) in [4.78, 5) is 28.5. The molecule has 1 aromatic heterocycles. The molecule has 0 spiro atoms. The van der Waals surface area contributed by atoms with E-state index in [-0.39, 0.29) is 11.8 Å². The number of para-hydroxylation sites is 1. The van der Waals surface area contributed by atoms with Gasteiger partial charge in [0.25, 0.3) is 5.91 Å². The fourth-order valence-corrected chi connectivity index (χ4v) is 3.86. The van der Waals surface area contributed by atoms with Crippen LogP contribution in [0.5, 0.6) is 0 Å². The van der Waals surface area contributed by atoms with Crippen molar-refractivity contribution in [1.82, 2.24) is 10.2 Å². The van der Waals surface area contributed by atoms with Crippen molar-refractivity contribution in [3.63, 3.8) is 0 Å². The lowest BCUT2D eigenvalue weighted by Gasteiger charge is -2.24. The normalized spacial score (nSPS) is 13.7. The van der Waals surface area contributed by atoms with E-state index < -0.39 is 0 Å². The van der Waals surface area contributed by atoms with Crippen LogP contribution in [0.25, 0.3) is 0 Å². The Bertz CT molecular complexity index is 739. The van der Waals surface area contributed by atoms with Crippen molar-refractivity contribution in [2.45, 2.75) is 25.8 Å². The molecule has 5 nitrogen and oxygen atoms in total. The standard InChI is InChI=1S/C20H25N3O2S/c1-22(19(24)8-10-21-20(25)17-9-13-26-15-17)14-16-6-2-3-7-18(16)23-11-4-5-12-23/h2-3,6-7,9,13,15H,4-5,8,10-12,14H2,1H3,(H,21,25). The highest BCUT2D eigenvalue weighted by Crippen LogP contribution is 2.25. The summed E-state index contributed by atoms with van der Waals surface area (Å²) in [5, 5.41) is 6.47. The van der Waals surface area contributed by atoms with E-state index in [4.69, 9.17) is 0 Å². The molecule has 6 heteroatoms. The van der Waals surface area contributed by atoms with Gasteiger partial charge in [-0.1, -0.05) is 18.2 Å². The summed E-state index contributed by atoms with van der Waals surface area (Å²) < 4.78 is 0. The number of rotatable bonds is 7. The summed E-state index contributed by atoms with van der Waals surface area (Å²) in [5.74, 6) is -0.0899. The maximum absolute atomic E-state index is 12.4. The number of nitrogens with one attached hydrogen (secondary N) is 1. The van der Waals surface area contributed by atoms with Crippen molar-refractivity contribution in [2.75, 3.05) is 31.6 Å². The first kappa shape index (κ1) is 18.5. The van der Waals surface area contributed by atoms with Crippen molar-refractivity contribution in [3.8, 4) is 0 Å². The number of carbonyl (C=O) groups is 2. The molecule has 0 unspecified atom stereocenters. The first-order valence-corrected chi connectivity index (χ1v) is 9.96. The third-order valence-electron chi connectivity index (χ3n) is 4.68. The van der Waals surface area contributed by atoms with Crippen molar-refractivity contribution >= 4 is 28.8 Å². The molecule has 1 saturated heterocycles. The van der Waals surface area contributed by atoms with Crippen molar-refractivity contribution in [2.24, 2.45) is 0 Å². The smallest absolute Gasteiger partial charge is 0.252 e. The topological polar surface area (TPSA) is 52.6 Å². The lowest BCUT2D eigenvalue weighted by Crippen LogP contribution is -2.32. The summed E-state index contributed by atoms with van der Waals surface area (Å²) in [6, 6.07) is 10.1. The van der Waals surface area contributed by atoms with Gasteiger partial charge >= 0.3 is 0 Å². The Morgan fingerprint density at radius 2 is 1.96 bits per heavy atom. The Hall–Kier alpha value is -2.34. The molecule has 2 amide bonds. The van der Waals surface area contributed by atoms with E-state index in [0.717, 1.165) is 13.1 Å². The summed E-state index contributed by atoms with van der Waals surface area (Å²) in [6.07, 6.45) is 2.76. The molecule has 0 saturated carbocycles. The summed E-state index contributed by atoms with van der Waals surface area (Å²) in [6.45, 7) is 3.11. The number of amides is 2. The van der Waals surface area contributed by atoms with Crippen LogP contribution in [-0.4, -0.2) is 43.4 Å². The lowest BCUT2D eigenvalue weighted by atomic mass is 10.1. The van der Waals surface area contributed by atoms with Crippen LogP contribution >= 0.6 is 11.3 Å². The first-order chi connectivity index (χ1) is 12.6. The van der Waals surface area contributed by atoms with E-state index in [1.54, 1.807) is 16.3 Å². The molecule has 1 aliphatic rings. The maximum atomic E-state index is 12.4. The van der Waals surface area contributed by atoms with Crippen LogP contribution in [0.3, 0.4) is 0 Å². The van der Waals surface area contributed by atoms with Crippen LogP contribution in [0.4, 0.5) is 5.69 Å². The zero-order valence-corrected chi connectivity index (χ0v) is 15.9. The van der Waals surface area contributed by atoms with Gasteiger partial charge in [-0.2, -0.15) is 11.3 Å². The number of anilines is 1. The predicted octanol–water partition coefficient (Wildman–Crippen LogP) is 3.13. The van der Waals surface area contributed by atoms with Gasteiger partial charge < -0.3 is 15.1 Å². The van der Waals surface area contributed by atoms with Crippen molar-refractivity contribution in [1.29, 1.82) is 0 Å². The third kappa shape index (κ3) is 4.64. The Morgan fingerprint density at radius 3 is 2.69 bits per heavy atom. The van der Waals surface area contributed by atoms with Crippen molar-refractivity contribution in [3.05, 3.63) is 52.2 Å². The van der Waals surface area contributed by atoms with Gasteiger partial charge in [0.2, 0.25) is 5.91 Å². The zero-order chi connectivity index (χ0) is 18.4. The Labute approximate surface area is 158 Å².